The minimum Gasteiger partial charge on any atom is -0.487 e. The molecule has 0 amide bonds. The van der Waals surface area contributed by atoms with Crippen molar-refractivity contribution in [2.24, 2.45) is 0 Å². The number of benzene rings is 1. The van der Waals surface area contributed by atoms with Gasteiger partial charge in [0.2, 0.25) is 0 Å². The highest BCUT2D eigenvalue weighted by Crippen LogP contribution is 2.26. The Labute approximate surface area is 120 Å². The molecule has 96 valence electrons. The second kappa shape index (κ2) is 5.59. The number of aromatic nitrogens is 1. The molecule has 0 radical (unpaired) electrons. The minimum atomic E-state index is 0.426. The third-order valence-electron chi connectivity index (χ3n) is 2.89. The van der Waals surface area contributed by atoms with Crippen molar-refractivity contribution in [2.75, 3.05) is 0 Å². The Kier molecular flexibility index (Phi) is 3.67. The van der Waals surface area contributed by atoms with E-state index in [1.54, 1.807) is 17.5 Å². The van der Waals surface area contributed by atoms with Crippen LogP contribution in [0.3, 0.4) is 0 Å². The molecular formula is C15H12ClNOS. The van der Waals surface area contributed by atoms with Crippen LogP contribution in [0.2, 0.25) is 0 Å². The fourth-order valence-corrected chi connectivity index (χ4v) is 2.99. The van der Waals surface area contributed by atoms with Crippen molar-refractivity contribution in [1.29, 1.82) is 0 Å². The molecule has 0 fully saturated rings. The van der Waals surface area contributed by atoms with Gasteiger partial charge < -0.3 is 4.74 Å². The van der Waals surface area contributed by atoms with Gasteiger partial charge in [0.25, 0.3) is 0 Å². The summed E-state index contributed by atoms with van der Waals surface area (Å²) in [7, 11) is 0. The van der Waals surface area contributed by atoms with Gasteiger partial charge in [-0.2, -0.15) is 0 Å². The van der Waals surface area contributed by atoms with E-state index in [9.17, 15) is 0 Å². The maximum absolute atomic E-state index is 5.76. The van der Waals surface area contributed by atoms with Crippen LogP contribution in [0.15, 0.2) is 48.0 Å². The van der Waals surface area contributed by atoms with Crippen LogP contribution < -0.4 is 4.74 Å². The molecule has 19 heavy (non-hydrogen) atoms. The molecule has 0 spiro atoms. The van der Waals surface area contributed by atoms with Crippen molar-refractivity contribution < 1.29 is 4.74 Å². The standard InChI is InChI=1S/C15H12ClNOS/c16-7-12-5-6-13(8-17-12)18-9-11-10-19-15-4-2-1-3-14(11)15/h1-6,8,10H,7,9H2. The molecule has 4 heteroatoms. The summed E-state index contributed by atoms with van der Waals surface area (Å²) < 4.78 is 7.05. The molecule has 3 rings (SSSR count). The summed E-state index contributed by atoms with van der Waals surface area (Å²) >= 11 is 7.44. The monoisotopic (exact) mass is 289 g/mol. The van der Waals surface area contributed by atoms with Gasteiger partial charge in [-0.05, 0) is 29.0 Å². The molecule has 0 N–H and O–H groups in total. The Bertz CT molecular complexity index is 678. The zero-order valence-electron chi connectivity index (χ0n) is 10.2. The molecule has 0 saturated heterocycles. The highest BCUT2D eigenvalue weighted by atomic mass is 35.5. The summed E-state index contributed by atoms with van der Waals surface area (Å²) in [6.07, 6.45) is 1.71. The van der Waals surface area contributed by atoms with Crippen molar-refractivity contribution in [2.45, 2.75) is 12.5 Å². The van der Waals surface area contributed by atoms with Gasteiger partial charge >= 0.3 is 0 Å². The van der Waals surface area contributed by atoms with Gasteiger partial charge in [-0.3, -0.25) is 4.98 Å². The van der Waals surface area contributed by atoms with Crippen LogP contribution in [0.1, 0.15) is 11.3 Å². The van der Waals surface area contributed by atoms with Crippen molar-refractivity contribution in [1.82, 2.24) is 4.98 Å². The summed E-state index contributed by atoms with van der Waals surface area (Å²) in [5.74, 6) is 1.19. The maximum atomic E-state index is 5.76. The van der Waals surface area contributed by atoms with Crippen LogP contribution in [0.4, 0.5) is 0 Å². The zero-order valence-corrected chi connectivity index (χ0v) is 11.7. The van der Waals surface area contributed by atoms with E-state index in [1.807, 2.05) is 12.1 Å². The summed E-state index contributed by atoms with van der Waals surface area (Å²) in [6, 6.07) is 12.1. The number of thiophene rings is 1. The number of ether oxygens (including phenoxy) is 1. The van der Waals surface area contributed by atoms with Crippen LogP contribution in [0, 0.1) is 0 Å². The molecule has 0 aliphatic heterocycles. The Morgan fingerprint density at radius 1 is 1.16 bits per heavy atom. The predicted molar refractivity (Wildman–Crippen MR) is 80.0 cm³/mol. The fourth-order valence-electron chi connectivity index (χ4n) is 1.88. The van der Waals surface area contributed by atoms with E-state index in [1.165, 1.54) is 15.6 Å². The van der Waals surface area contributed by atoms with E-state index in [0.29, 0.717) is 12.5 Å². The third kappa shape index (κ3) is 2.72. The lowest BCUT2D eigenvalue weighted by Crippen LogP contribution is -1.95. The molecule has 0 unspecified atom stereocenters. The van der Waals surface area contributed by atoms with Gasteiger partial charge in [-0.15, -0.1) is 22.9 Å². The van der Waals surface area contributed by atoms with Crippen LogP contribution >= 0.6 is 22.9 Å². The maximum Gasteiger partial charge on any atom is 0.138 e. The first kappa shape index (κ1) is 12.5. The number of hydrogen-bond donors (Lipinski definition) is 0. The Morgan fingerprint density at radius 3 is 2.84 bits per heavy atom. The highest BCUT2D eigenvalue weighted by molar-refractivity contribution is 7.17. The van der Waals surface area contributed by atoms with E-state index in [-0.39, 0.29) is 0 Å². The number of pyridine rings is 1. The molecule has 2 heterocycles. The Balaban J connectivity index is 1.74. The smallest absolute Gasteiger partial charge is 0.138 e. The molecule has 0 atom stereocenters. The van der Waals surface area contributed by atoms with Gasteiger partial charge in [0.05, 0.1) is 17.8 Å². The lowest BCUT2D eigenvalue weighted by atomic mass is 10.2. The summed E-state index contributed by atoms with van der Waals surface area (Å²) in [5.41, 5.74) is 2.07. The topological polar surface area (TPSA) is 22.1 Å². The minimum absolute atomic E-state index is 0.426. The average molecular weight is 290 g/mol. The Morgan fingerprint density at radius 2 is 2.05 bits per heavy atom. The van der Waals surface area contributed by atoms with Crippen molar-refractivity contribution in [3.63, 3.8) is 0 Å². The molecule has 3 aromatic rings. The van der Waals surface area contributed by atoms with E-state index >= 15 is 0 Å². The average Bonchev–Trinajstić information content (AvgIpc) is 2.89. The second-order valence-corrected chi connectivity index (χ2v) is 5.34. The molecular weight excluding hydrogens is 278 g/mol. The SMILES string of the molecule is ClCc1ccc(OCc2csc3ccccc23)cn1. The number of halogens is 1. The summed E-state index contributed by atoms with van der Waals surface area (Å²) in [6.45, 7) is 0.561. The lowest BCUT2D eigenvalue weighted by molar-refractivity contribution is 0.306. The van der Waals surface area contributed by atoms with Gasteiger partial charge in [-0.25, -0.2) is 0 Å². The van der Waals surface area contributed by atoms with E-state index in [4.69, 9.17) is 16.3 Å². The van der Waals surface area contributed by atoms with E-state index in [2.05, 4.69) is 34.6 Å². The van der Waals surface area contributed by atoms with Crippen molar-refractivity contribution in [3.05, 3.63) is 59.2 Å². The summed E-state index contributed by atoms with van der Waals surface area (Å²) in [5, 5.41) is 3.41. The van der Waals surface area contributed by atoms with Gasteiger partial charge in [-0.1, -0.05) is 18.2 Å². The second-order valence-electron chi connectivity index (χ2n) is 4.16. The predicted octanol–water partition coefficient (Wildman–Crippen LogP) is 4.61. The van der Waals surface area contributed by atoms with Crippen LogP contribution in [-0.2, 0) is 12.5 Å². The number of rotatable bonds is 4. The first-order valence-corrected chi connectivity index (χ1v) is 7.37. The highest BCUT2D eigenvalue weighted by Gasteiger charge is 2.04. The molecule has 0 bridgehead atoms. The normalized spacial score (nSPS) is 10.8. The molecule has 1 aromatic carbocycles. The van der Waals surface area contributed by atoms with E-state index in [0.717, 1.165) is 11.4 Å². The largest absolute Gasteiger partial charge is 0.487 e. The molecule has 0 aliphatic rings. The molecule has 0 aliphatic carbocycles. The van der Waals surface area contributed by atoms with Crippen LogP contribution in [-0.4, -0.2) is 4.98 Å². The molecule has 2 nitrogen and oxygen atoms in total. The van der Waals surface area contributed by atoms with Crippen LogP contribution in [0.25, 0.3) is 10.1 Å². The van der Waals surface area contributed by atoms with E-state index < -0.39 is 0 Å². The fraction of sp³-hybridized carbons (Fsp3) is 0.133. The zero-order chi connectivity index (χ0) is 13.1. The van der Waals surface area contributed by atoms with Crippen LogP contribution in [0.5, 0.6) is 5.75 Å². The molecule has 0 saturated carbocycles. The van der Waals surface area contributed by atoms with Gasteiger partial charge in [0, 0.05) is 10.3 Å². The van der Waals surface area contributed by atoms with Crippen molar-refractivity contribution in [3.8, 4) is 5.75 Å². The summed E-state index contributed by atoms with van der Waals surface area (Å²) in [4.78, 5) is 4.21. The first-order chi connectivity index (χ1) is 9.36. The van der Waals surface area contributed by atoms with Gasteiger partial charge in [0.15, 0.2) is 0 Å². The van der Waals surface area contributed by atoms with Gasteiger partial charge in [0.1, 0.15) is 12.4 Å². The number of alkyl halides is 1. The third-order valence-corrected chi connectivity index (χ3v) is 4.18. The number of hydrogen-bond acceptors (Lipinski definition) is 3. The molecule has 2 aromatic heterocycles. The van der Waals surface area contributed by atoms with Crippen molar-refractivity contribution >= 4 is 33.0 Å². The lowest BCUT2D eigenvalue weighted by Gasteiger charge is -2.05. The number of fused-ring (bicyclic) bond motifs is 1. The Hall–Kier alpha value is -1.58. The number of nitrogens with zero attached hydrogens (tertiary/aromatic N) is 1. The quantitative estimate of drug-likeness (QED) is 0.654. The first-order valence-electron chi connectivity index (χ1n) is 5.95.